The van der Waals surface area contributed by atoms with Crippen molar-refractivity contribution in [3.63, 3.8) is 0 Å². The molecule has 0 aliphatic heterocycles. The lowest BCUT2D eigenvalue weighted by Crippen LogP contribution is -1.74. The number of hydrogen-bond donors (Lipinski definition) is 0. The number of aromatic nitrogens is 1. The van der Waals surface area contributed by atoms with Gasteiger partial charge in [0.25, 0.3) is 0 Å². The van der Waals surface area contributed by atoms with Gasteiger partial charge in [0.05, 0.1) is 6.20 Å². The van der Waals surface area contributed by atoms with Crippen LogP contribution in [0.5, 0.6) is 0 Å². The molecule has 0 saturated carbocycles. The van der Waals surface area contributed by atoms with Crippen LogP contribution in [0.15, 0.2) is 47.4 Å². The lowest BCUT2D eigenvalue weighted by atomic mass is 10.2. The summed E-state index contributed by atoms with van der Waals surface area (Å²) in [7, 11) is 0. The summed E-state index contributed by atoms with van der Waals surface area (Å²) in [5, 5.41) is 0. The lowest BCUT2D eigenvalue weighted by Gasteiger charge is -1.93. The maximum Gasteiger partial charge on any atom is 0.181 e. The highest BCUT2D eigenvalue weighted by Crippen LogP contribution is 2.14. The summed E-state index contributed by atoms with van der Waals surface area (Å²) < 4.78 is 5.18. The summed E-state index contributed by atoms with van der Waals surface area (Å²) in [6.07, 6.45) is 13.0. The van der Waals surface area contributed by atoms with E-state index < -0.39 is 0 Å². The first-order valence-electron chi connectivity index (χ1n) is 5.23. The van der Waals surface area contributed by atoms with E-state index in [9.17, 15) is 0 Å². The van der Waals surface area contributed by atoms with Crippen molar-refractivity contribution in [2.75, 3.05) is 0 Å². The second-order valence-corrected chi connectivity index (χ2v) is 2.51. The van der Waals surface area contributed by atoms with Crippen LogP contribution < -0.4 is 0 Å². The van der Waals surface area contributed by atoms with Crippen molar-refractivity contribution in [3.8, 4) is 0 Å². The van der Waals surface area contributed by atoms with E-state index in [1.807, 2.05) is 58.1 Å². The fourth-order valence-corrected chi connectivity index (χ4v) is 0.958. The molecular formula is C13H19NO. The van der Waals surface area contributed by atoms with Crippen LogP contribution in [0.4, 0.5) is 0 Å². The minimum atomic E-state index is 0.788. The second-order valence-electron chi connectivity index (χ2n) is 2.51. The number of hydrogen-bond acceptors (Lipinski definition) is 2. The first-order chi connectivity index (χ1) is 7.38. The molecule has 1 heterocycles. The van der Waals surface area contributed by atoms with Crippen LogP contribution >= 0.6 is 0 Å². The number of allylic oxidation sites excluding steroid dienone is 6. The van der Waals surface area contributed by atoms with E-state index in [2.05, 4.69) is 4.98 Å². The Balaban J connectivity index is 0.000000921. The molecule has 1 rings (SSSR count). The zero-order chi connectivity index (χ0) is 11.5. The highest BCUT2D eigenvalue weighted by Gasteiger charge is 1.98. The zero-order valence-electron chi connectivity index (χ0n) is 9.90. The first-order valence-corrected chi connectivity index (χ1v) is 5.23. The molecule has 0 spiro atoms. The van der Waals surface area contributed by atoms with Crippen molar-refractivity contribution in [2.24, 2.45) is 0 Å². The molecule has 1 aromatic heterocycles. The van der Waals surface area contributed by atoms with Crippen LogP contribution in [0.1, 0.15) is 33.5 Å². The van der Waals surface area contributed by atoms with Gasteiger partial charge in [-0.2, -0.15) is 0 Å². The maximum absolute atomic E-state index is 5.18. The van der Waals surface area contributed by atoms with Crippen LogP contribution in [-0.2, 0) is 0 Å². The average molecular weight is 205 g/mol. The Labute approximate surface area is 92.0 Å². The van der Waals surface area contributed by atoms with Gasteiger partial charge in [-0.05, 0) is 13.8 Å². The topological polar surface area (TPSA) is 26.0 Å². The van der Waals surface area contributed by atoms with Gasteiger partial charge in [0.1, 0.15) is 0 Å². The van der Waals surface area contributed by atoms with E-state index in [4.69, 9.17) is 4.42 Å². The van der Waals surface area contributed by atoms with E-state index in [0.717, 1.165) is 11.3 Å². The summed E-state index contributed by atoms with van der Waals surface area (Å²) in [5.41, 5.74) is 1.03. The van der Waals surface area contributed by atoms with Crippen LogP contribution in [0.3, 0.4) is 0 Å². The monoisotopic (exact) mass is 205 g/mol. The highest BCUT2D eigenvalue weighted by atomic mass is 16.3. The van der Waals surface area contributed by atoms with E-state index >= 15 is 0 Å². The molecule has 0 fully saturated rings. The second kappa shape index (κ2) is 9.00. The average Bonchev–Trinajstić information content (AvgIpc) is 2.80. The van der Waals surface area contributed by atoms with E-state index in [-0.39, 0.29) is 0 Å². The summed E-state index contributed by atoms with van der Waals surface area (Å²) >= 11 is 0. The molecule has 0 aromatic carbocycles. The molecule has 1 aromatic rings. The Morgan fingerprint density at radius 3 is 2.47 bits per heavy atom. The van der Waals surface area contributed by atoms with Crippen molar-refractivity contribution in [2.45, 2.75) is 27.7 Å². The first kappa shape index (κ1) is 13.4. The van der Waals surface area contributed by atoms with E-state index in [1.54, 1.807) is 6.20 Å². The Morgan fingerprint density at radius 2 is 2.00 bits per heavy atom. The van der Waals surface area contributed by atoms with Crippen molar-refractivity contribution < 1.29 is 4.42 Å². The largest absolute Gasteiger partial charge is 0.444 e. The normalized spacial score (nSPS) is 11.9. The Hall–Kier alpha value is -1.57. The summed E-state index contributed by atoms with van der Waals surface area (Å²) in [6, 6.07) is 0. The molecule has 0 aliphatic rings. The highest BCUT2D eigenvalue weighted by molar-refractivity contribution is 5.71. The van der Waals surface area contributed by atoms with Crippen molar-refractivity contribution in [3.05, 3.63) is 48.7 Å². The maximum atomic E-state index is 5.18. The molecule has 0 radical (unpaired) electrons. The quantitative estimate of drug-likeness (QED) is 0.690. The van der Waals surface area contributed by atoms with Gasteiger partial charge in [0.2, 0.25) is 0 Å². The van der Waals surface area contributed by atoms with Crippen molar-refractivity contribution >= 4 is 5.57 Å². The van der Waals surface area contributed by atoms with Crippen molar-refractivity contribution in [1.29, 1.82) is 0 Å². The van der Waals surface area contributed by atoms with Gasteiger partial charge in [-0.25, -0.2) is 4.98 Å². The van der Waals surface area contributed by atoms with Gasteiger partial charge < -0.3 is 4.42 Å². The molecule has 15 heavy (non-hydrogen) atoms. The molecule has 0 amide bonds. The summed E-state index contributed by atoms with van der Waals surface area (Å²) in [4.78, 5) is 3.87. The van der Waals surface area contributed by atoms with E-state index in [1.165, 1.54) is 6.39 Å². The fraction of sp³-hybridized carbons (Fsp3) is 0.308. The van der Waals surface area contributed by atoms with Gasteiger partial charge in [0.15, 0.2) is 12.2 Å². The van der Waals surface area contributed by atoms with Gasteiger partial charge in [-0.15, -0.1) is 0 Å². The Kier molecular flexibility index (Phi) is 8.06. The SMILES string of the molecule is CC.C\C=C/C=C(\C=C/C)c1cnco1. The number of nitrogens with zero attached hydrogens (tertiary/aromatic N) is 1. The molecule has 0 N–H and O–H groups in total. The van der Waals surface area contributed by atoms with Gasteiger partial charge in [-0.3, -0.25) is 0 Å². The molecule has 2 heteroatoms. The predicted molar refractivity (Wildman–Crippen MR) is 65.5 cm³/mol. The molecule has 82 valence electrons. The van der Waals surface area contributed by atoms with Gasteiger partial charge in [0, 0.05) is 5.57 Å². The number of rotatable bonds is 3. The van der Waals surface area contributed by atoms with Crippen LogP contribution in [0.25, 0.3) is 5.57 Å². The van der Waals surface area contributed by atoms with E-state index in [0.29, 0.717) is 0 Å². The third-order valence-electron chi connectivity index (χ3n) is 1.53. The van der Waals surface area contributed by atoms with Crippen molar-refractivity contribution in [1.82, 2.24) is 4.98 Å². The molecule has 0 unspecified atom stereocenters. The summed E-state index contributed by atoms with van der Waals surface area (Å²) in [6.45, 7) is 7.95. The van der Waals surface area contributed by atoms with Gasteiger partial charge in [-0.1, -0.05) is 44.2 Å². The number of oxazole rings is 1. The Morgan fingerprint density at radius 1 is 1.27 bits per heavy atom. The third-order valence-corrected chi connectivity index (χ3v) is 1.53. The fourth-order valence-electron chi connectivity index (χ4n) is 0.958. The minimum Gasteiger partial charge on any atom is -0.444 e. The smallest absolute Gasteiger partial charge is 0.181 e. The van der Waals surface area contributed by atoms with Gasteiger partial charge >= 0.3 is 0 Å². The Bertz CT molecular complexity index is 318. The minimum absolute atomic E-state index is 0.788. The molecule has 0 atom stereocenters. The molecular weight excluding hydrogens is 186 g/mol. The third kappa shape index (κ3) is 5.01. The molecule has 0 saturated heterocycles. The molecule has 0 aliphatic carbocycles. The predicted octanol–water partition coefficient (Wildman–Crippen LogP) is 4.24. The van der Waals surface area contributed by atoms with Crippen LogP contribution in [-0.4, -0.2) is 4.98 Å². The molecule has 0 bridgehead atoms. The molecule has 2 nitrogen and oxygen atoms in total. The van der Waals surface area contributed by atoms with Crippen LogP contribution in [0, 0.1) is 0 Å². The standard InChI is InChI=1S/C11H13NO.C2H6/c1-3-5-7-10(6-4-2)11-8-12-9-13-11;1-2/h3-9H,1-2H3;1-2H3/b5-3-,6-4-,10-7+;. The zero-order valence-corrected chi connectivity index (χ0v) is 9.90. The summed E-state index contributed by atoms with van der Waals surface area (Å²) in [5.74, 6) is 0.788. The lowest BCUT2D eigenvalue weighted by molar-refractivity contribution is 0.545. The van der Waals surface area contributed by atoms with Crippen LogP contribution in [0.2, 0.25) is 0 Å².